The van der Waals surface area contributed by atoms with Gasteiger partial charge in [-0.25, -0.2) is 0 Å². The molecule has 5 nitrogen and oxygen atoms in total. The molecular formula is C21H25NO4. The molecule has 2 aromatic carbocycles. The predicted molar refractivity (Wildman–Crippen MR) is 101 cm³/mol. The number of ether oxygens (including phenoxy) is 2. The van der Waals surface area contributed by atoms with Crippen LogP contribution in [0.3, 0.4) is 0 Å². The van der Waals surface area contributed by atoms with Gasteiger partial charge in [0, 0.05) is 0 Å². The van der Waals surface area contributed by atoms with Crippen molar-refractivity contribution in [3.05, 3.63) is 59.7 Å². The summed E-state index contributed by atoms with van der Waals surface area (Å²) >= 11 is 0. The van der Waals surface area contributed by atoms with Gasteiger partial charge in [0.15, 0.2) is 6.10 Å². The molecule has 0 aromatic heterocycles. The van der Waals surface area contributed by atoms with Gasteiger partial charge in [-0.15, -0.1) is 0 Å². The van der Waals surface area contributed by atoms with Crippen LogP contribution in [0.1, 0.15) is 37.3 Å². The Balaban J connectivity index is 1.92. The number of methoxy groups -OCH3 is 1. The first-order valence-electron chi connectivity index (χ1n) is 8.60. The fourth-order valence-electron chi connectivity index (χ4n) is 2.60. The van der Waals surface area contributed by atoms with Gasteiger partial charge in [-0.3, -0.25) is 9.59 Å². The summed E-state index contributed by atoms with van der Waals surface area (Å²) in [6.45, 7) is 5.44. The van der Waals surface area contributed by atoms with Crippen LogP contribution in [0, 0.1) is 6.92 Å². The van der Waals surface area contributed by atoms with Crippen LogP contribution in [-0.2, 0) is 14.3 Å². The number of hydrogen-bond donors (Lipinski definition) is 1. The second kappa shape index (κ2) is 9.04. The maximum Gasteiger partial charge on any atom is 0.307 e. The summed E-state index contributed by atoms with van der Waals surface area (Å²) in [6, 6.07) is 15.2. The number of aryl methyl sites for hydroxylation is 1. The molecule has 0 heterocycles. The molecule has 2 atom stereocenters. The van der Waals surface area contributed by atoms with Gasteiger partial charge < -0.3 is 14.8 Å². The highest BCUT2D eigenvalue weighted by Gasteiger charge is 2.21. The lowest BCUT2D eigenvalue weighted by atomic mass is 9.98. The zero-order chi connectivity index (χ0) is 19.1. The molecule has 0 saturated heterocycles. The normalized spacial score (nSPS) is 12.8. The van der Waals surface area contributed by atoms with Crippen molar-refractivity contribution in [2.45, 2.75) is 39.2 Å². The monoisotopic (exact) mass is 355 g/mol. The van der Waals surface area contributed by atoms with E-state index in [9.17, 15) is 9.59 Å². The Hall–Kier alpha value is -2.82. The lowest BCUT2D eigenvalue weighted by molar-refractivity contribution is -0.153. The molecule has 0 unspecified atom stereocenters. The molecule has 0 aliphatic rings. The van der Waals surface area contributed by atoms with E-state index >= 15 is 0 Å². The lowest BCUT2D eigenvalue weighted by Crippen LogP contribution is -2.30. The van der Waals surface area contributed by atoms with Crippen molar-refractivity contribution < 1.29 is 19.1 Å². The van der Waals surface area contributed by atoms with Gasteiger partial charge in [0.25, 0.3) is 5.91 Å². The highest BCUT2D eigenvalue weighted by Crippen LogP contribution is 2.25. The maximum atomic E-state index is 12.3. The molecule has 0 bridgehead atoms. The third-order valence-electron chi connectivity index (χ3n) is 4.13. The fourth-order valence-corrected chi connectivity index (χ4v) is 2.60. The summed E-state index contributed by atoms with van der Waals surface area (Å²) in [7, 11) is 1.54. The number of esters is 1. The van der Waals surface area contributed by atoms with Crippen LogP contribution in [-0.4, -0.2) is 25.1 Å². The predicted octanol–water partition coefficient (Wildman–Crippen LogP) is 4.07. The highest BCUT2D eigenvalue weighted by atomic mass is 16.5. The van der Waals surface area contributed by atoms with Gasteiger partial charge in [0.05, 0.1) is 19.2 Å². The second-order valence-corrected chi connectivity index (χ2v) is 6.34. The van der Waals surface area contributed by atoms with Crippen molar-refractivity contribution in [3.8, 4) is 5.75 Å². The third kappa shape index (κ3) is 5.34. The molecule has 1 amide bonds. The molecule has 0 aliphatic carbocycles. The van der Waals surface area contributed by atoms with Crippen molar-refractivity contribution in [3.63, 3.8) is 0 Å². The number of carbonyl (C=O) groups excluding carboxylic acids is 2. The number of anilines is 1. The summed E-state index contributed by atoms with van der Waals surface area (Å²) in [5, 5.41) is 2.75. The van der Waals surface area contributed by atoms with Crippen LogP contribution in [0.25, 0.3) is 0 Å². The molecule has 0 fully saturated rings. The largest absolute Gasteiger partial charge is 0.495 e. The molecule has 1 N–H and O–H groups in total. The van der Waals surface area contributed by atoms with E-state index in [2.05, 4.69) is 5.32 Å². The maximum absolute atomic E-state index is 12.3. The Kier molecular flexibility index (Phi) is 6.78. The molecule has 0 saturated carbocycles. The Morgan fingerprint density at radius 2 is 1.77 bits per heavy atom. The van der Waals surface area contributed by atoms with Crippen molar-refractivity contribution >= 4 is 17.6 Å². The highest BCUT2D eigenvalue weighted by molar-refractivity contribution is 5.96. The Bertz CT molecular complexity index is 758. The molecular weight excluding hydrogens is 330 g/mol. The Labute approximate surface area is 154 Å². The van der Waals surface area contributed by atoms with Crippen molar-refractivity contribution in [1.29, 1.82) is 0 Å². The SMILES string of the molecule is COc1ccc(C)cc1NC(=O)[C@@H](C)OC(=O)C[C@@H](C)c1ccccc1. The molecule has 0 aliphatic heterocycles. The number of rotatable bonds is 7. The Morgan fingerprint density at radius 3 is 2.42 bits per heavy atom. The molecule has 2 aromatic rings. The quantitative estimate of drug-likeness (QED) is 0.761. The molecule has 138 valence electrons. The zero-order valence-corrected chi connectivity index (χ0v) is 15.6. The summed E-state index contributed by atoms with van der Waals surface area (Å²) in [6.07, 6.45) is -0.675. The average molecular weight is 355 g/mol. The molecule has 0 spiro atoms. The standard InChI is InChI=1S/C21H25NO4/c1-14-10-11-19(25-4)18(12-14)22-21(24)16(3)26-20(23)13-15(2)17-8-6-5-7-9-17/h5-12,15-16H,13H2,1-4H3,(H,22,24)/t15-,16-/m1/s1. The van der Waals surface area contributed by atoms with E-state index in [1.165, 1.54) is 7.11 Å². The molecule has 0 radical (unpaired) electrons. The van der Waals surface area contributed by atoms with Crippen LogP contribution in [0.15, 0.2) is 48.5 Å². The summed E-state index contributed by atoms with van der Waals surface area (Å²) in [4.78, 5) is 24.5. The van der Waals surface area contributed by atoms with E-state index < -0.39 is 18.0 Å². The van der Waals surface area contributed by atoms with Crippen LogP contribution in [0.4, 0.5) is 5.69 Å². The van der Waals surface area contributed by atoms with Crippen molar-refractivity contribution in [2.75, 3.05) is 12.4 Å². The molecule has 2 rings (SSSR count). The Morgan fingerprint density at radius 1 is 1.08 bits per heavy atom. The smallest absolute Gasteiger partial charge is 0.307 e. The van der Waals surface area contributed by atoms with Gasteiger partial charge in [-0.2, -0.15) is 0 Å². The van der Waals surface area contributed by atoms with E-state index in [4.69, 9.17) is 9.47 Å². The van der Waals surface area contributed by atoms with Crippen LogP contribution in [0.5, 0.6) is 5.75 Å². The number of benzene rings is 2. The van der Waals surface area contributed by atoms with Gasteiger partial charge in [0.1, 0.15) is 5.75 Å². The van der Waals surface area contributed by atoms with E-state index in [-0.39, 0.29) is 12.3 Å². The van der Waals surface area contributed by atoms with E-state index in [1.54, 1.807) is 13.0 Å². The number of carbonyl (C=O) groups is 2. The van der Waals surface area contributed by atoms with E-state index in [0.717, 1.165) is 11.1 Å². The van der Waals surface area contributed by atoms with Gasteiger partial charge in [-0.1, -0.05) is 43.3 Å². The lowest BCUT2D eigenvalue weighted by Gasteiger charge is -2.17. The fraction of sp³-hybridized carbons (Fsp3) is 0.333. The first-order valence-corrected chi connectivity index (χ1v) is 8.60. The van der Waals surface area contributed by atoms with E-state index in [0.29, 0.717) is 11.4 Å². The van der Waals surface area contributed by atoms with Crippen molar-refractivity contribution in [1.82, 2.24) is 0 Å². The zero-order valence-electron chi connectivity index (χ0n) is 15.6. The number of amides is 1. The minimum Gasteiger partial charge on any atom is -0.495 e. The minimum absolute atomic E-state index is 0.0239. The second-order valence-electron chi connectivity index (χ2n) is 6.34. The summed E-state index contributed by atoms with van der Waals surface area (Å²) in [5.74, 6) is -0.217. The minimum atomic E-state index is -0.893. The first-order chi connectivity index (χ1) is 12.4. The first kappa shape index (κ1) is 19.5. The van der Waals surface area contributed by atoms with Crippen LogP contribution >= 0.6 is 0 Å². The summed E-state index contributed by atoms with van der Waals surface area (Å²) in [5.41, 5.74) is 2.60. The topological polar surface area (TPSA) is 64.6 Å². The van der Waals surface area contributed by atoms with Crippen molar-refractivity contribution in [2.24, 2.45) is 0 Å². The third-order valence-corrected chi connectivity index (χ3v) is 4.13. The summed E-state index contributed by atoms with van der Waals surface area (Å²) < 4.78 is 10.5. The van der Waals surface area contributed by atoms with Crippen LogP contribution in [0.2, 0.25) is 0 Å². The molecule has 26 heavy (non-hydrogen) atoms. The van der Waals surface area contributed by atoms with Crippen LogP contribution < -0.4 is 10.1 Å². The number of nitrogens with one attached hydrogen (secondary N) is 1. The van der Waals surface area contributed by atoms with E-state index in [1.807, 2.05) is 56.3 Å². The van der Waals surface area contributed by atoms with Gasteiger partial charge in [-0.05, 0) is 43.0 Å². The van der Waals surface area contributed by atoms with Gasteiger partial charge in [0.2, 0.25) is 0 Å². The average Bonchev–Trinajstić information content (AvgIpc) is 2.62. The number of hydrogen-bond acceptors (Lipinski definition) is 4. The van der Waals surface area contributed by atoms with Gasteiger partial charge >= 0.3 is 5.97 Å². The molecule has 5 heteroatoms.